The van der Waals surface area contributed by atoms with Crippen LogP contribution in [0.2, 0.25) is 0 Å². The molecule has 0 fully saturated rings. The van der Waals surface area contributed by atoms with Crippen molar-refractivity contribution in [3.05, 3.63) is 47.5 Å². The zero-order chi connectivity index (χ0) is 11.8. The first-order valence-electron chi connectivity index (χ1n) is 5.05. The summed E-state index contributed by atoms with van der Waals surface area (Å²) in [6.45, 7) is 0. The predicted molar refractivity (Wildman–Crippen MR) is 66.5 cm³/mol. The van der Waals surface area contributed by atoms with Gasteiger partial charge in [-0.05, 0) is 18.2 Å². The van der Waals surface area contributed by atoms with E-state index in [9.17, 15) is 4.79 Å². The van der Waals surface area contributed by atoms with Gasteiger partial charge in [-0.15, -0.1) is 11.3 Å². The normalized spacial score (nSPS) is 10.8. The van der Waals surface area contributed by atoms with Gasteiger partial charge in [-0.2, -0.15) is 0 Å². The quantitative estimate of drug-likeness (QED) is 0.744. The summed E-state index contributed by atoms with van der Waals surface area (Å²) in [6.07, 6.45) is 1.67. The van der Waals surface area contributed by atoms with E-state index in [1.165, 1.54) is 11.3 Å². The summed E-state index contributed by atoms with van der Waals surface area (Å²) in [5.74, 6) is -0.894. The Hall–Kier alpha value is -2.07. The largest absolute Gasteiger partial charge is 0.477 e. The lowest BCUT2D eigenvalue weighted by Gasteiger charge is -1.92. The maximum Gasteiger partial charge on any atom is 0.345 e. The molecule has 3 rings (SSSR count). The molecule has 1 N–H and O–H groups in total. The SMILES string of the molecule is O=C(O)c1ccc(-c2coc3ccccc23)s1. The topological polar surface area (TPSA) is 50.4 Å². The standard InChI is InChI=1S/C13H8O3S/c14-13(15)12-6-5-11(17-12)9-7-16-10-4-2-1-3-8(9)10/h1-7H,(H,14,15). The summed E-state index contributed by atoms with van der Waals surface area (Å²) in [4.78, 5) is 12.1. The lowest BCUT2D eigenvalue weighted by molar-refractivity contribution is 0.0702. The van der Waals surface area contributed by atoms with Crippen LogP contribution in [0.25, 0.3) is 21.4 Å². The summed E-state index contributed by atoms with van der Waals surface area (Å²) >= 11 is 1.25. The molecule has 4 heteroatoms. The van der Waals surface area contributed by atoms with E-state index >= 15 is 0 Å². The van der Waals surface area contributed by atoms with E-state index in [1.54, 1.807) is 12.3 Å². The highest BCUT2D eigenvalue weighted by atomic mass is 32.1. The Morgan fingerprint density at radius 3 is 2.76 bits per heavy atom. The van der Waals surface area contributed by atoms with E-state index in [0.717, 1.165) is 21.4 Å². The number of rotatable bonds is 2. The number of carboxylic acid groups (broad SMARTS) is 1. The molecular weight excluding hydrogens is 236 g/mol. The van der Waals surface area contributed by atoms with Crippen LogP contribution in [0.4, 0.5) is 0 Å². The first kappa shape index (κ1) is 10.1. The molecule has 84 valence electrons. The molecule has 0 aliphatic carbocycles. The second-order valence-electron chi connectivity index (χ2n) is 3.61. The second-order valence-corrected chi connectivity index (χ2v) is 4.70. The molecule has 3 nitrogen and oxygen atoms in total. The lowest BCUT2D eigenvalue weighted by atomic mass is 10.1. The van der Waals surface area contributed by atoms with Crippen molar-refractivity contribution in [3.8, 4) is 10.4 Å². The minimum absolute atomic E-state index is 0.338. The predicted octanol–water partition coefficient (Wildman–Crippen LogP) is 3.86. The summed E-state index contributed by atoms with van der Waals surface area (Å²) in [6, 6.07) is 11.1. The van der Waals surface area contributed by atoms with Gasteiger partial charge in [0.15, 0.2) is 0 Å². The van der Waals surface area contributed by atoms with Gasteiger partial charge in [0.2, 0.25) is 0 Å². The highest BCUT2D eigenvalue weighted by Crippen LogP contribution is 2.34. The fourth-order valence-electron chi connectivity index (χ4n) is 1.77. The van der Waals surface area contributed by atoms with Crippen LogP contribution >= 0.6 is 11.3 Å². The van der Waals surface area contributed by atoms with E-state index in [-0.39, 0.29) is 0 Å². The van der Waals surface area contributed by atoms with Crippen molar-refractivity contribution >= 4 is 28.3 Å². The molecule has 0 aliphatic heterocycles. The fraction of sp³-hybridized carbons (Fsp3) is 0. The van der Waals surface area contributed by atoms with Crippen molar-refractivity contribution in [3.63, 3.8) is 0 Å². The molecule has 0 saturated carbocycles. The Morgan fingerprint density at radius 1 is 1.18 bits per heavy atom. The summed E-state index contributed by atoms with van der Waals surface area (Å²) in [7, 11) is 0. The molecule has 0 saturated heterocycles. The first-order chi connectivity index (χ1) is 8.25. The second kappa shape index (κ2) is 3.75. The van der Waals surface area contributed by atoms with Crippen molar-refractivity contribution in [1.29, 1.82) is 0 Å². The minimum Gasteiger partial charge on any atom is -0.477 e. The van der Waals surface area contributed by atoms with Crippen LogP contribution in [-0.2, 0) is 0 Å². The van der Waals surface area contributed by atoms with Crippen molar-refractivity contribution in [2.45, 2.75) is 0 Å². The maximum atomic E-state index is 10.8. The molecule has 0 radical (unpaired) electrons. The van der Waals surface area contributed by atoms with Gasteiger partial charge in [-0.1, -0.05) is 18.2 Å². The van der Waals surface area contributed by atoms with E-state index < -0.39 is 5.97 Å². The van der Waals surface area contributed by atoms with Crippen molar-refractivity contribution in [2.75, 3.05) is 0 Å². The van der Waals surface area contributed by atoms with Gasteiger partial charge in [0.05, 0.1) is 0 Å². The van der Waals surface area contributed by atoms with E-state index in [0.29, 0.717) is 4.88 Å². The smallest absolute Gasteiger partial charge is 0.345 e. The van der Waals surface area contributed by atoms with Gasteiger partial charge >= 0.3 is 5.97 Å². The number of thiophene rings is 1. The molecule has 0 spiro atoms. The molecule has 0 aliphatic rings. The Morgan fingerprint density at radius 2 is 2.00 bits per heavy atom. The molecule has 2 aromatic heterocycles. The average Bonchev–Trinajstić information content (AvgIpc) is 2.95. The monoisotopic (exact) mass is 244 g/mol. The van der Waals surface area contributed by atoms with E-state index in [2.05, 4.69) is 0 Å². The van der Waals surface area contributed by atoms with Crippen LogP contribution in [0.1, 0.15) is 9.67 Å². The van der Waals surface area contributed by atoms with Crippen LogP contribution < -0.4 is 0 Å². The van der Waals surface area contributed by atoms with Gasteiger partial charge in [0.25, 0.3) is 0 Å². The van der Waals surface area contributed by atoms with Gasteiger partial charge in [0, 0.05) is 15.8 Å². The number of fused-ring (bicyclic) bond motifs is 1. The molecule has 17 heavy (non-hydrogen) atoms. The van der Waals surface area contributed by atoms with Gasteiger partial charge in [-0.25, -0.2) is 4.79 Å². The molecule has 3 aromatic rings. The molecule has 0 atom stereocenters. The molecule has 1 aromatic carbocycles. The maximum absolute atomic E-state index is 10.8. The fourth-order valence-corrected chi connectivity index (χ4v) is 2.63. The number of benzene rings is 1. The van der Waals surface area contributed by atoms with Crippen LogP contribution in [0.5, 0.6) is 0 Å². The Balaban J connectivity index is 2.17. The van der Waals surface area contributed by atoms with Crippen LogP contribution in [-0.4, -0.2) is 11.1 Å². The summed E-state index contributed by atoms with van der Waals surface area (Å²) in [5, 5.41) is 9.90. The van der Waals surface area contributed by atoms with Crippen molar-refractivity contribution in [1.82, 2.24) is 0 Å². The van der Waals surface area contributed by atoms with Gasteiger partial charge < -0.3 is 9.52 Å². The highest BCUT2D eigenvalue weighted by molar-refractivity contribution is 7.17. The number of para-hydroxylation sites is 1. The molecule has 2 heterocycles. The van der Waals surface area contributed by atoms with E-state index in [1.807, 2.05) is 30.3 Å². The van der Waals surface area contributed by atoms with Gasteiger partial charge in [-0.3, -0.25) is 0 Å². The lowest BCUT2D eigenvalue weighted by Crippen LogP contribution is -1.89. The molecule has 0 amide bonds. The van der Waals surface area contributed by atoms with Crippen LogP contribution in [0.3, 0.4) is 0 Å². The zero-order valence-electron chi connectivity index (χ0n) is 8.71. The number of hydrogen-bond acceptors (Lipinski definition) is 3. The third kappa shape index (κ3) is 1.62. The summed E-state index contributed by atoms with van der Waals surface area (Å²) < 4.78 is 5.43. The Kier molecular flexibility index (Phi) is 2.23. The number of aromatic carboxylic acids is 1. The third-order valence-electron chi connectivity index (χ3n) is 2.56. The van der Waals surface area contributed by atoms with Crippen molar-refractivity contribution in [2.24, 2.45) is 0 Å². The third-order valence-corrected chi connectivity index (χ3v) is 3.67. The summed E-state index contributed by atoms with van der Waals surface area (Å²) in [5.41, 5.74) is 1.76. The Bertz CT molecular complexity index is 693. The Labute approximate surface area is 101 Å². The van der Waals surface area contributed by atoms with Crippen LogP contribution in [0.15, 0.2) is 47.1 Å². The number of furan rings is 1. The van der Waals surface area contributed by atoms with Gasteiger partial charge in [0.1, 0.15) is 16.7 Å². The molecule has 0 unspecified atom stereocenters. The number of carbonyl (C=O) groups is 1. The first-order valence-corrected chi connectivity index (χ1v) is 5.87. The highest BCUT2D eigenvalue weighted by Gasteiger charge is 2.12. The zero-order valence-corrected chi connectivity index (χ0v) is 9.53. The molecular formula is C13H8O3S. The van der Waals surface area contributed by atoms with E-state index in [4.69, 9.17) is 9.52 Å². The minimum atomic E-state index is -0.894. The average molecular weight is 244 g/mol. The van der Waals surface area contributed by atoms with Crippen LogP contribution in [0, 0.1) is 0 Å². The number of hydrogen-bond donors (Lipinski definition) is 1. The van der Waals surface area contributed by atoms with Crippen molar-refractivity contribution < 1.29 is 14.3 Å². The molecule has 0 bridgehead atoms. The number of carboxylic acids is 1.